The van der Waals surface area contributed by atoms with E-state index in [9.17, 15) is 10.1 Å². The van der Waals surface area contributed by atoms with Gasteiger partial charge in [0.15, 0.2) is 0 Å². The molecule has 0 radical (unpaired) electrons. The third-order valence-corrected chi connectivity index (χ3v) is 3.34. The molecule has 5 nitrogen and oxygen atoms in total. The summed E-state index contributed by atoms with van der Waals surface area (Å²) in [4.78, 5) is 14.6. The molecule has 0 aromatic carbocycles. The second-order valence-corrected chi connectivity index (χ2v) is 4.85. The number of aromatic nitrogens is 1. The molecule has 1 heterocycles. The van der Waals surface area contributed by atoms with E-state index in [4.69, 9.17) is 0 Å². The molecule has 0 aliphatic carbocycles. The number of anilines is 1. The highest BCUT2D eigenvalue weighted by Crippen LogP contribution is 2.28. The third-order valence-electron chi connectivity index (χ3n) is 2.15. The minimum Gasteiger partial charge on any atom is -0.373 e. The molecule has 0 fully saturated rings. The van der Waals surface area contributed by atoms with Crippen molar-refractivity contribution in [1.82, 2.24) is 4.98 Å². The van der Waals surface area contributed by atoms with Crippen molar-refractivity contribution < 1.29 is 4.92 Å². The fraction of sp³-hybridized carbons (Fsp3) is 0.500. The van der Waals surface area contributed by atoms with E-state index in [1.165, 1.54) is 12.1 Å². The highest BCUT2D eigenvalue weighted by molar-refractivity contribution is 7.99. The van der Waals surface area contributed by atoms with Gasteiger partial charge in [-0.05, 0) is 6.42 Å². The lowest BCUT2D eigenvalue weighted by Gasteiger charge is -2.08. The SMILES string of the molecule is CCC(C)Sc1cc([N+](=O)[O-])cc(NC)n1. The number of nitrogens with zero attached hydrogens (tertiary/aromatic N) is 2. The van der Waals surface area contributed by atoms with Crippen molar-refractivity contribution in [2.75, 3.05) is 12.4 Å². The average molecular weight is 241 g/mol. The molecule has 16 heavy (non-hydrogen) atoms. The van der Waals surface area contributed by atoms with E-state index in [1.807, 2.05) is 0 Å². The Hall–Kier alpha value is -1.30. The van der Waals surface area contributed by atoms with Crippen LogP contribution < -0.4 is 5.32 Å². The van der Waals surface area contributed by atoms with E-state index >= 15 is 0 Å². The summed E-state index contributed by atoms with van der Waals surface area (Å²) < 4.78 is 0. The number of pyridine rings is 1. The minimum absolute atomic E-state index is 0.0742. The van der Waals surface area contributed by atoms with Crippen LogP contribution in [0, 0.1) is 10.1 Å². The molecule has 0 saturated carbocycles. The van der Waals surface area contributed by atoms with Crippen molar-refractivity contribution >= 4 is 23.3 Å². The lowest BCUT2D eigenvalue weighted by Crippen LogP contribution is -1.99. The van der Waals surface area contributed by atoms with Crippen LogP contribution in [0.15, 0.2) is 17.2 Å². The summed E-state index contributed by atoms with van der Waals surface area (Å²) >= 11 is 1.55. The van der Waals surface area contributed by atoms with Gasteiger partial charge in [0.2, 0.25) is 0 Å². The van der Waals surface area contributed by atoms with Crippen LogP contribution in [0.3, 0.4) is 0 Å². The maximum absolute atomic E-state index is 10.7. The molecule has 88 valence electrons. The predicted octanol–water partition coefficient (Wildman–Crippen LogP) is 2.92. The molecule has 0 aliphatic rings. The van der Waals surface area contributed by atoms with Gasteiger partial charge < -0.3 is 5.32 Å². The minimum atomic E-state index is -0.400. The van der Waals surface area contributed by atoms with Gasteiger partial charge in [-0.2, -0.15) is 0 Å². The Bertz CT molecular complexity index is 384. The van der Waals surface area contributed by atoms with Gasteiger partial charge in [0, 0.05) is 18.4 Å². The quantitative estimate of drug-likeness (QED) is 0.487. The summed E-state index contributed by atoms with van der Waals surface area (Å²) in [5, 5.41) is 14.6. The average Bonchev–Trinajstić information content (AvgIpc) is 2.28. The van der Waals surface area contributed by atoms with Crippen LogP contribution >= 0.6 is 11.8 Å². The molecule has 1 aromatic heterocycles. The van der Waals surface area contributed by atoms with Gasteiger partial charge in [-0.1, -0.05) is 13.8 Å². The first kappa shape index (κ1) is 12.8. The Labute approximate surface area is 98.8 Å². The maximum Gasteiger partial charge on any atom is 0.275 e. The Morgan fingerprint density at radius 1 is 1.62 bits per heavy atom. The first-order valence-corrected chi connectivity index (χ1v) is 5.95. The van der Waals surface area contributed by atoms with Crippen LogP contribution in [0.5, 0.6) is 0 Å². The Morgan fingerprint density at radius 2 is 2.31 bits per heavy atom. The second-order valence-electron chi connectivity index (χ2n) is 3.39. The second kappa shape index (κ2) is 5.69. The molecule has 0 saturated heterocycles. The molecule has 0 amide bonds. The van der Waals surface area contributed by atoms with E-state index < -0.39 is 4.92 Å². The highest BCUT2D eigenvalue weighted by atomic mass is 32.2. The molecular weight excluding hydrogens is 226 g/mol. The van der Waals surface area contributed by atoms with Gasteiger partial charge in [0.05, 0.1) is 11.0 Å². The van der Waals surface area contributed by atoms with Crippen LogP contribution in [-0.4, -0.2) is 22.2 Å². The topological polar surface area (TPSA) is 68.1 Å². The summed E-state index contributed by atoms with van der Waals surface area (Å²) in [6.45, 7) is 4.15. The first-order valence-electron chi connectivity index (χ1n) is 5.07. The van der Waals surface area contributed by atoms with Crippen molar-refractivity contribution in [3.63, 3.8) is 0 Å². The molecular formula is C10H15N3O2S. The number of nitrogens with one attached hydrogen (secondary N) is 1. The largest absolute Gasteiger partial charge is 0.373 e. The van der Waals surface area contributed by atoms with E-state index in [-0.39, 0.29) is 5.69 Å². The number of rotatable bonds is 5. The van der Waals surface area contributed by atoms with Crippen molar-refractivity contribution in [3.05, 3.63) is 22.2 Å². The fourth-order valence-corrected chi connectivity index (χ4v) is 1.99. The zero-order valence-corrected chi connectivity index (χ0v) is 10.4. The molecule has 0 bridgehead atoms. The van der Waals surface area contributed by atoms with E-state index in [2.05, 4.69) is 24.1 Å². The smallest absolute Gasteiger partial charge is 0.275 e. The monoisotopic (exact) mass is 241 g/mol. The standard InChI is InChI=1S/C10H15N3O2S/c1-4-7(2)16-10-6-8(13(14)15)5-9(11-3)12-10/h5-7H,4H2,1-3H3,(H,11,12). The van der Waals surface area contributed by atoms with E-state index in [0.717, 1.165) is 6.42 Å². The van der Waals surface area contributed by atoms with Crippen LogP contribution in [-0.2, 0) is 0 Å². The van der Waals surface area contributed by atoms with Gasteiger partial charge in [0.25, 0.3) is 5.69 Å². The number of hydrogen-bond acceptors (Lipinski definition) is 5. The summed E-state index contributed by atoms with van der Waals surface area (Å²) in [5.41, 5.74) is 0.0742. The Morgan fingerprint density at radius 3 is 2.81 bits per heavy atom. The summed E-state index contributed by atoms with van der Waals surface area (Å²) in [7, 11) is 1.70. The van der Waals surface area contributed by atoms with Crippen LogP contribution in [0.4, 0.5) is 11.5 Å². The van der Waals surface area contributed by atoms with Gasteiger partial charge in [-0.25, -0.2) is 4.98 Å². The van der Waals surface area contributed by atoms with Crippen molar-refractivity contribution in [3.8, 4) is 0 Å². The van der Waals surface area contributed by atoms with Gasteiger partial charge >= 0.3 is 0 Å². The normalized spacial score (nSPS) is 12.2. The van der Waals surface area contributed by atoms with E-state index in [1.54, 1.807) is 18.8 Å². The van der Waals surface area contributed by atoms with Crippen molar-refractivity contribution in [2.24, 2.45) is 0 Å². The van der Waals surface area contributed by atoms with Crippen molar-refractivity contribution in [1.29, 1.82) is 0 Å². The van der Waals surface area contributed by atoms with E-state index in [0.29, 0.717) is 16.1 Å². The molecule has 0 spiro atoms. The molecule has 1 N–H and O–H groups in total. The molecule has 1 unspecified atom stereocenters. The molecule has 1 rings (SSSR count). The zero-order valence-electron chi connectivity index (χ0n) is 9.56. The predicted molar refractivity (Wildman–Crippen MR) is 66.0 cm³/mol. The Balaban J connectivity index is 2.99. The lowest BCUT2D eigenvalue weighted by molar-refractivity contribution is -0.385. The van der Waals surface area contributed by atoms with Crippen molar-refractivity contribution in [2.45, 2.75) is 30.5 Å². The third kappa shape index (κ3) is 3.37. The lowest BCUT2D eigenvalue weighted by atomic mass is 10.4. The van der Waals surface area contributed by atoms with Crippen LogP contribution in [0.25, 0.3) is 0 Å². The number of hydrogen-bond donors (Lipinski definition) is 1. The number of thioether (sulfide) groups is 1. The fourth-order valence-electron chi connectivity index (χ4n) is 1.07. The summed E-state index contributed by atoms with van der Waals surface area (Å²) in [6.07, 6.45) is 1.00. The highest BCUT2D eigenvalue weighted by Gasteiger charge is 2.12. The maximum atomic E-state index is 10.7. The number of nitro groups is 1. The van der Waals surface area contributed by atoms with Gasteiger partial charge in [0.1, 0.15) is 10.8 Å². The van der Waals surface area contributed by atoms with Crippen LogP contribution in [0.2, 0.25) is 0 Å². The molecule has 1 atom stereocenters. The van der Waals surface area contributed by atoms with Crippen LogP contribution in [0.1, 0.15) is 20.3 Å². The zero-order chi connectivity index (χ0) is 12.1. The van der Waals surface area contributed by atoms with Gasteiger partial charge in [-0.3, -0.25) is 10.1 Å². The summed E-state index contributed by atoms with van der Waals surface area (Å²) in [6, 6.07) is 2.94. The summed E-state index contributed by atoms with van der Waals surface area (Å²) in [5.74, 6) is 0.528. The van der Waals surface area contributed by atoms with Gasteiger partial charge in [-0.15, -0.1) is 11.8 Å². The Kier molecular flexibility index (Phi) is 4.54. The molecule has 0 aliphatic heterocycles. The first-order chi connectivity index (χ1) is 7.56. The molecule has 1 aromatic rings. The molecule has 6 heteroatoms.